The lowest BCUT2D eigenvalue weighted by Gasteiger charge is -2.23. The molecule has 0 saturated heterocycles. The predicted molar refractivity (Wildman–Crippen MR) is 62.0 cm³/mol. The second kappa shape index (κ2) is 5.61. The molecular weight excluding hydrogens is 204 g/mol. The SMILES string of the molecule is Cc1cccnc1CC(=O)N(C)C(C)CO. The maximum atomic E-state index is 11.8. The third-order valence-corrected chi connectivity index (χ3v) is 2.76. The fourth-order valence-corrected chi connectivity index (χ4v) is 1.34. The lowest BCUT2D eigenvalue weighted by Crippen LogP contribution is -2.38. The zero-order chi connectivity index (χ0) is 12.1. The van der Waals surface area contributed by atoms with Gasteiger partial charge in [-0.1, -0.05) is 6.07 Å². The summed E-state index contributed by atoms with van der Waals surface area (Å²) in [4.78, 5) is 17.6. The first kappa shape index (κ1) is 12.6. The van der Waals surface area contributed by atoms with Gasteiger partial charge in [0.1, 0.15) is 0 Å². The Labute approximate surface area is 95.9 Å². The van der Waals surface area contributed by atoms with Gasteiger partial charge in [0.15, 0.2) is 0 Å². The number of amides is 1. The van der Waals surface area contributed by atoms with Crippen LogP contribution in [0.3, 0.4) is 0 Å². The molecule has 1 atom stereocenters. The highest BCUT2D eigenvalue weighted by atomic mass is 16.3. The highest BCUT2D eigenvalue weighted by Crippen LogP contribution is 2.06. The Bertz CT molecular complexity index is 366. The summed E-state index contributed by atoms with van der Waals surface area (Å²) < 4.78 is 0. The van der Waals surface area contributed by atoms with E-state index in [2.05, 4.69) is 4.98 Å². The van der Waals surface area contributed by atoms with E-state index >= 15 is 0 Å². The Kier molecular flexibility index (Phi) is 4.43. The topological polar surface area (TPSA) is 53.4 Å². The van der Waals surface area contributed by atoms with Crippen molar-refractivity contribution in [3.8, 4) is 0 Å². The Hall–Kier alpha value is -1.42. The molecule has 0 aromatic carbocycles. The number of likely N-dealkylation sites (N-methyl/N-ethyl adjacent to an activating group) is 1. The van der Waals surface area contributed by atoms with Gasteiger partial charge in [0.25, 0.3) is 0 Å². The summed E-state index contributed by atoms with van der Waals surface area (Å²) in [5.74, 6) is -0.0247. The second-order valence-electron chi connectivity index (χ2n) is 3.98. The second-order valence-corrected chi connectivity index (χ2v) is 3.98. The number of hydrogen-bond acceptors (Lipinski definition) is 3. The molecule has 0 aliphatic carbocycles. The highest BCUT2D eigenvalue weighted by Gasteiger charge is 2.16. The molecule has 1 aromatic heterocycles. The smallest absolute Gasteiger partial charge is 0.228 e. The van der Waals surface area contributed by atoms with Crippen molar-refractivity contribution < 1.29 is 9.90 Å². The fraction of sp³-hybridized carbons (Fsp3) is 0.500. The van der Waals surface area contributed by atoms with Crippen molar-refractivity contribution in [1.82, 2.24) is 9.88 Å². The Balaban J connectivity index is 2.68. The van der Waals surface area contributed by atoms with E-state index in [-0.39, 0.29) is 25.0 Å². The third-order valence-electron chi connectivity index (χ3n) is 2.76. The molecule has 16 heavy (non-hydrogen) atoms. The van der Waals surface area contributed by atoms with Crippen LogP contribution in [0.5, 0.6) is 0 Å². The van der Waals surface area contributed by atoms with Crippen LogP contribution < -0.4 is 0 Å². The monoisotopic (exact) mass is 222 g/mol. The van der Waals surface area contributed by atoms with E-state index in [0.717, 1.165) is 11.3 Å². The molecule has 1 rings (SSSR count). The fourth-order valence-electron chi connectivity index (χ4n) is 1.34. The molecule has 88 valence electrons. The predicted octanol–water partition coefficient (Wildman–Crippen LogP) is 0.772. The van der Waals surface area contributed by atoms with E-state index in [1.54, 1.807) is 18.1 Å². The first-order chi connectivity index (χ1) is 7.56. The molecular formula is C12H18N2O2. The number of nitrogens with zero attached hydrogens (tertiary/aromatic N) is 2. The molecule has 1 aromatic rings. The van der Waals surface area contributed by atoms with Crippen LogP contribution in [-0.4, -0.2) is 40.6 Å². The minimum absolute atomic E-state index is 0.0244. The molecule has 0 spiro atoms. The standard InChI is InChI=1S/C12H18N2O2/c1-9-5-4-6-13-11(9)7-12(16)14(3)10(2)8-15/h4-6,10,15H,7-8H2,1-3H3. The van der Waals surface area contributed by atoms with E-state index in [0.29, 0.717) is 0 Å². The molecule has 0 aliphatic rings. The van der Waals surface area contributed by atoms with Gasteiger partial charge >= 0.3 is 0 Å². The van der Waals surface area contributed by atoms with Crippen LogP contribution in [0.4, 0.5) is 0 Å². The van der Waals surface area contributed by atoms with E-state index < -0.39 is 0 Å². The Morgan fingerprint density at radius 1 is 1.62 bits per heavy atom. The summed E-state index contributed by atoms with van der Waals surface area (Å²) >= 11 is 0. The lowest BCUT2D eigenvalue weighted by molar-refractivity contribution is -0.131. The van der Waals surface area contributed by atoms with Gasteiger partial charge < -0.3 is 10.0 Å². The number of pyridine rings is 1. The molecule has 0 saturated carbocycles. The Morgan fingerprint density at radius 2 is 2.31 bits per heavy atom. The van der Waals surface area contributed by atoms with Crippen LogP contribution in [-0.2, 0) is 11.2 Å². The van der Waals surface area contributed by atoms with Gasteiger partial charge in [-0.15, -0.1) is 0 Å². The molecule has 1 N–H and O–H groups in total. The molecule has 1 heterocycles. The van der Waals surface area contributed by atoms with E-state index in [4.69, 9.17) is 5.11 Å². The summed E-state index contributed by atoms with van der Waals surface area (Å²) in [5.41, 5.74) is 1.81. The van der Waals surface area contributed by atoms with Gasteiger partial charge in [0, 0.05) is 13.2 Å². The molecule has 0 radical (unpaired) electrons. The van der Waals surface area contributed by atoms with Crippen molar-refractivity contribution in [2.45, 2.75) is 26.3 Å². The molecule has 1 unspecified atom stereocenters. The number of aliphatic hydroxyl groups excluding tert-OH is 1. The van der Waals surface area contributed by atoms with Gasteiger partial charge in [0.2, 0.25) is 5.91 Å². The van der Waals surface area contributed by atoms with Gasteiger partial charge in [-0.05, 0) is 25.5 Å². The third kappa shape index (κ3) is 3.03. The molecule has 4 heteroatoms. The average molecular weight is 222 g/mol. The zero-order valence-corrected chi connectivity index (χ0v) is 9.97. The van der Waals surface area contributed by atoms with Gasteiger partial charge in [-0.25, -0.2) is 0 Å². The van der Waals surface area contributed by atoms with Crippen molar-refractivity contribution >= 4 is 5.91 Å². The number of carbonyl (C=O) groups is 1. The largest absolute Gasteiger partial charge is 0.394 e. The normalized spacial score (nSPS) is 12.2. The number of aliphatic hydroxyl groups is 1. The Morgan fingerprint density at radius 3 is 2.88 bits per heavy atom. The molecule has 1 amide bonds. The van der Waals surface area contributed by atoms with E-state index in [1.807, 2.05) is 26.0 Å². The summed E-state index contributed by atoms with van der Waals surface area (Å²) in [6.45, 7) is 3.72. The number of aromatic nitrogens is 1. The van der Waals surface area contributed by atoms with Crippen molar-refractivity contribution in [2.75, 3.05) is 13.7 Å². The van der Waals surface area contributed by atoms with Crippen LogP contribution >= 0.6 is 0 Å². The van der Waals surface area contributed by atoms with Gasteiger partial charge in [0.05, 0.1) is 24.8 Å². The summed E-state index contributed by atoms with van der Waals surface area (Å²) in [7, 11) is 1.70. The van der Waals surface area contributed by atoms with Gasteiger partial charge in [-0.3, -0.25) is 9.78 Å². The maximum Gasteiger partial charge on any atom is 0.228 e. The van der Waals surface area contributed by atoms with Crippen molar-refractivity contribution in [3.05, 3.63) is 29.6 Å². The minimum Gasteiger partial charge on any atom is -0.394 e. The molecule has 0 fully saturated rings. The molecule has 4 nitrogen and oxygen atoms in total. The van der Waals surface area contributed by atoms with Crippen LogP contribution in [0.25, 0.3) is 0 Å². The first-order valence-electron chi connectivity index (χ1n) is 5.33. The molecule has 0 aliphatic heterocycles. The lowest BCUT2D eigenvalue weighted by atomic mass is 10.1. The van der Waals surface area contributed by atoms with Crippen LogP contribution in [0.2, 0.25) is 0 Å². The van der Waals surface area contributed by atoms with Crippen molar-refractivity contribution in [3.63, 3.8) is 0 Å². The number of carbonyl (C=O) groups excluding carboxylic acids is 1. The summed E-state index contributed by atoms with van der Waals surface area (Å²) in [6.07, 6.45) is 1.97. The van der Waals surface area contributed by atoms with Crippen LogP contribution in [0.1, 0.15) is 18.2 Å². The minimum atomic E-state index is -0.156. The van der Waals surface area contributed by atoms with E-state index in [1.165, 1.54) is 0 Å². The van der Waals surface area contributed by atoms with Crippen molar-refractivity contribution in [2.24, 2.45) is 0 Å². The number of rotatable bonds is 4. The maximum absolute atomic E-state index is 11.8. The average Bonchev–Trinajstić information content (AvgIpc) is 2.30. The number of aryl methyl sites for hydroxylation is 1. The quantitative estimate of drug-likeness (QED) is 0.818. The van der Waals surface area contributed by atoms with E-state index in [9.17, 15) is 4.79 Å². The summed E-state index contributed by atoms with van der Waals surface area (Å²) in [6, 6.07) is 3.63. The first-order valence-corrected chi connectivity index (χ1v) is 5.33. The number of hydrogen-bond donors (Lipinski definition) is 1. The van der Waals surface area contributed by atoms with Crippen LogP contribution in [0.15, 0.2) is 18.3 Å². The zero-order valence-electron chi connectivity index (χ0n) is 9.97. The van der Waals surface area contributed by atoms with Crippen molar-refractivity contribution in [1.29, 1.82) is 0 Å². The summed E-state index contributed by atoms with van der Waals surface area (Å²) in [5, 5.41) is 8.97. The molecule has 0 bridgehead atoms. The van der Waals surface area contributed by atoms with Crippen LogP contribution in [0, 0.1) is 6.92 Å². The van der Waals surface area contributed by atoms with Gasteiger partial charge in [-0.2, -0.15) is 0 Å². The highest BCUT2D eigenvalue weighted by molar-refractivity contribution is 5.78.